The maximum Gasteiger partial charge on any atom is 0.355 e. The quantitative estimate of drug-likeness (QED) is 0.637. The molecule has 1 aliphatic heterocycles. The lowest BCUT2D eigenvalue weighted by Crippen LogP contribution is -2.38. The molecule has 0 saturated carbocycles. The number of sulfonamides is 1. The second-order valence-electron chi connectivity index (χ2n) is 6.40. The van der Waals surface area contributed by atoms with Crippen LogP contribution in [-0.2, 0) is 33.8 Å². The number of anilines is 2. The topological polar surface area (TPSA) is 137 Å². The van der Waals surface area contributed by atoms with Crippen molar-refractivity contribution in [2.45, 2.75) is 11.8 Å². The number of benzene rings is 1. The molecule has 0 radical (unpaired) electrons. The van der Waals surface area contributed by atoms with E-state index in [-0.39, 0.29) is 35.5 Å². The number of hydrogen-bond acceptors (Lipinski definition) is 10. The zero-order chi connectivity index (χ0) is 22.6. The molecule has 12 heteroatoms. The van der Waals surface area contributed by atoms with Crippen LogP contribution in [0.25, 0.3) is 0 Å². The summed E-state index contributed by atoms with van der Waals surface area (Å²) < 4.78 is 42.4. The molecule has 0 spiro atoms. The lowest BCUT2D eigenvalue weighted by Gasteiger charge is -2.31. The van der Waals surface area contributed by atoms with Crippen molar-refractivity contribution in [3.8, 4) is 0 Å². The molecule has 0 amide bonds. The van der Waals surface area contributed by atoms with Crippen LogP contribution >= 0.6 is 0 Å². The highest BCUT2D eigenvalue weighted by atomic mass is 32.2. The van der Waals surface area contributed by atoms with Crippen LogP contribution in [-0.4, -0.2) is 57.9 Å². The van der Waals surface area contributed by atoms with Gasteiger partial charge in [0.15, 0.2) is 0 Å². The molecule has 0 saturated heterocycles. The Morgan fingerprint density at radius 3 is 2.26 bits per heavy atom. The first-order valence-electron chi connectivity index (χ1n) is 8.93. The minimum absolute atomic E-state index is 0.00418. The third-order valence-electron chi connectivity index (χ3n) is 4.30. The molecule has 0 unspecified atom stereocenters. The molecular formula is C19H20N4O7S. The van der Waals surface area contributed by atoms with E-state index in [1.165, 1.54) is 55.8 Å². The third kappa shape index (κ3) is 4.81. The van der Waals surface area contributed by atoms with Gasteiger partial charge in [-0.25, -0.2) is 32.7 Å². The van der Waals surface area contributed by atoms with Gasteiger partial charge in [-0.3, -0.25) is 0 Å². The van der Waals surface area contributed by atoms with Crippen LogP contribution in [0, 0.1) is 6.92 Å². The smallest absolute Gasteiger partial charge is 0.355 e. The van der Waals surface area contributed by atoms with Gasteiger partial charge in [0.2, 0.25) is 5.95 Å². The first kappa shape index (κ1) is 22.2. The van der Waals surface area contributed by atoms with Gasteiger partial charge >= 0.3 is 11.9 Å². The van der Waals surface area contributed by atoms with Gasteiger partial charge in [-0.15, -0.1) is 0 Å². The molecule has 1 aliphatic rings. The van der Waals surface area contributed by atoms with Crippen LogP contribution in [0.2, 0.25) is 0 Å². The fourth-order valence-electron chi connectivity index (χ4n) is 2.78. The Hall–Kier alpha value is -3.51. The number of aromatic nitrogens is 2. The maximum absolute atomic E-state index is 12.6. The Bertz CT molecular complexity index is 1110. The van der Waals surface area contributed by atoms with Crippen LogP contribution in [0.4, 0.5) is 11.6 Å². The monoisotopic (exact) mass is 448 g/mol. The SMILES string of the molecule is COC(=O)C1=C(C(=O)OC)N(c2ccc(S(=O)(=O)Nc3ncc(C)cn3)cc2)COC1. The zero-order valence-electron chi connectivity index (χ0n) is 17.0. The van der Waals surface area contributed by atoms with Crippen LogP contribution in [0.15, 0.2) is 52.8 Å². The second kappa shape index (κ2) is 9.10. The van der Waals surface area contributed by atoms with Gasteiger partial charge in [0, 0.05) is 18.1 Å². The molecule has 2 heterocycles. The van der Waals surface area contributed by atoms with E-state index in [9.17, 15) is 18.0 Å². The van der Waals surface area contributed by atoms with E-state index < -0.39 is 22.0 Å². The molecule has 11 nitrogen and oxygen atoms in total. The number of aryl methyl sites for hydroxylation is 1. The van der Waals surface area contributed by atoms with Crippen molar-refractivity contribution in [1.82, 2.24) is 9.97 Å². The molecule has 0 fully saturated rings. The van der Waals surface area contributed by atoms with E-state index in [0.29, 0.717) is 5.69 Å². The molecule has 31 heavy (non-hydrogen) atoms. The Kier molecular flexibility index (Phi) is 6.51. The van der Waals surface area contributed by atoms with Crippen molar-refractivity contribution in [2.75, 3.05) is 37.2 Å². The Labute approximate surface area is 178 Å². The number of esters is 2. The number of nitrogens with zero attached hydrogens (tertiary/aromatic N) is 3. The highest BCUT2D eigenvalue weighted by Gasteiger charge is 2.32. The Morgan fingerprint density at radius 1 is 1.06 bits per heavy atom. The summed E-state index contributed by atoms with van der Waals surface area (Å²) in [5.74, 6) is -1.54. The molecule has 0 bridgehead atoms. The number of nitrogens with one attached hydrogen (secondary N) is 1. The van der Waals surface area contributed by atoms with Crippen molar-refractivity contribution < 1.29 is 32.2 Å². The average Bonchev–Trinajstić information content (AvgIpc) is 2.79. The van der Waals surface area contributed by atoms with E-state index in [2.05, 4.69) is 14.7 Å². The first-order chi connectivity index (χ1) is 14.8. The number of hydrogen-bond donors (Lipinski definition) is 1. The molecule has 164 valence electrons. The summed E-state index contributed by atoms with van der Waals surface area (Å²) in [5.41, 5.74) is 1.15. The van der Waals surface area contributed by atoms with E-state index in [1.54, 1.807) is 6.92 Å². The molecule has 3 rings (SSSR count). The number of carbonyl (C=O) groups is 2. The standard InChI is InChI=1S/C19H20N4O7S/c1-12-8-20-19(21-9-12)22-31(26,27)14-6-4-13(5-7-14)23-11-30-10-15(17(24)28-2)16(23)18(25)29-3/h4-9H,10-11H2,1-3H3,(H,20,21,22). The van der Waals surface area contributed by atoms with Crippen LogP contribution < -0.4 is 9.62 Å². The van der Waals surface area contributed by atoms with E-state index in [1.807, 2.05) is 0 Å². The Balaban J connectivity index is 1.91. The summed E-state index contributed by atoms with van der Waals surface area (Å²) in [6.07, 6.45) is 2.98. The average molecular weight is 448 g/mol. The van der Waals surface area contributed by atoms with Gasteiger partial charge in [0.05, 0.1) is 31.3 Å². The largest absolute Gasteiger partial charge is 0.466 e. The van der Waals surface area contributed by atoms with Crippen LogP contribution in [0.3, 0.4) is 0 Å². The molecular weight excluding hydrogens is 428 g/mol. The van der Waals surface area contributed by atoms with Crippen LogP contribution in [0.5, 0.6) is 0 Å². The highest BCUT2D eigenvalue weighted by Crippen LogP contribution is 2.28. The lowest BCUT2D eigenvalue weighted by molar-refractivity contribution is -0.140. The number of rotatable bonds is 6. The lowest BCUT2D eigenvalue weighted by atomic mass is 10.1. The van der Waals surface area contributed by atoms with Crippen molar-refractivity contribution in [3.05, 3.63) is 53.5 Å². The molecule has 1 aromatic heterocycles. The third-order valence-corrected chi connectivity index (χ3v) is 5.64. The predicted octanol–water partition coefficient (Wildman–Crippen LogP) is 0.980. The van der Waals surface area contributed by atoms with Crippen molar-refractivity contribution in [3.63, 3.8) is 0 Å². The molecule has 2 aromatic rings. The van der Waals surface area contributed by atoms with Gasteiger partial charge in [-0.2, -0.15) is 0 Å². The predicted molar refractivity (Wildman–Crippen MR) is 108 cm³/mol. The molecule has 0 atom stereocenters. The summed E-state index contributed by atoms with van der Waals surface area (Å²) in [6, 6.07) is 5.62. The van der Waals surface area contributed by atoms with Gasteiger partial charge in [-0.05, 0) is 36.8 Å². The number of methoxy groups -OCH3 is 2. The second-order valence-corrected chi connectivity index (χ2v) is 8.08. The Morgan fingerprint density at radius 2 is 1.68 bits per heavy atom. The molecule has 1 aromatic carbocycles. The van der Waals surface area contributed by atoms with Crippen molar-refractivity contribution in [2.24, 2.45) is 0 Å². The molecule has 0 aliphatic carbocycles. The highest BCUT2D eigenvalue weighted by molar-refractivity contribution is 7.92. The van der Waals surface area contributed by atoms with E-state index in [4.69, 9.17) is 14.2 Å². The van der Waals surface area contributed by atoms with E-state index >= 15 is 0 Å². The fourth-order valence-corrected chi connectivity index (χ4v) is 3.73. The summed E-state index contributed by atoms with van der Waals surface area (Å²) in [7, 11) is -1.56. The maximum atomic E-state index is 12.6. The number of carbonyl (C=O) groups excluding carboxylic acids is 2. The van der Waals surface area contributed by atoms with Crippen LogP contribution in [0.1, 0.15) is 5.56 Å². The minimum atomic E-state index is -3.94. The zero-order valence-corrected chi connectivity index (χ0v) is 17.8. The normalized spacial score (nSPS) is 14.2. The first-order valence-corrected chi connectivity index (χ1v) is 10.4. The van der Waals surface area contributed by atoms with Gasteiger partial charge in [0.1, 0.15) is 12.4 Å². The fraction of sp³-hybridized carbons (Fsp3) is 0.263. The van der Waals surface area contributed by atoms with Gasteiger partial charge in [-0.1, -0.05) is 0 Å². The number of ether oxygens (including phenoxy) is 3. The van der Waals surface area contributed by atoms with Crippen molar-refractivity contribution >= 4 is 33.6 Å². The molecule has 1 N–H and O–H groups in total. The minimum Gasteiger partial charge on any atom is -0.466 e. The summed E-state index contributed by atoms with van der Waals surface area (Å²) in [6.45, 7) is 1.61. The van der Waals surface area contributed by atoms with Gasteiger partial charge < -0.3 is 19.1 Å². The summed E-state index contributed by atoms with van der Waals surface area (Å²) in [5, 5.41) is 0. The van der Waals surface area contributed by atoms with E-state index in [0.717, 1.165) is 5.56 Å². The summed E-state index contributed by atoms with van der Waals surface area (Å²) >= 11 is 0. The van der Waals surface area contributed by atoms with Crippen molar-refractivity contribution in [1.29, 1.82) is 0 Å². The van der Waals surface area contributed by atoms with Gasteiger partial charge in [0.25, 0.3) is 10.0 Å². The summed E-state index contributed by atoms with van der Waals surface area (Å²) in [4.78, 5) is 33.6.